The molecular weight excluding hydrogens is 278 g/mol. The molecule has 0 aliphatic heterocycles. The SMILES string of the molecule is O=C(O)C=Cc1ccc(COc2ccc(F)c(F)c2)cc1. The number of ether oxygens (including phenoxy) is 1. The highest BCUT2D eigenvalue weighted by Gasteiger charge is 2.03. The van der Waals surface area contributed by atoms with Gasteiger partial charge in [-0.15, -0.1) is 0 Å². The first-order valence-electron chi connectivity index (χ1n) is 6.12. The van der Waals surface area contributed by atoms with Crippen molar-refractivity contribution in [2.45, 2.75) is 6.61 Å². The minimum Gasteiger partial charge on any atom is -0.489 e. The quantitative estimate of drug-likeness (QED) is 0.855. The van der Waals surface area contributed by atoms with Crippen LogP contribution in [0.1, 0.15) is 11.1 Å². The molecule has 0 saturated carbocycles. The molecule has 0 aliphatic carbocycles. The molecule has 0 aromatic heterocycles. The zero-order valence-electron chi connectivity index (χ0n) is 10.9. The van der Waals surface area contributed by atoms with Crippen LogP contribution >= 0.6 is 0 Å². The molecule has 2 aromatic carbocycles. The van der Waals surface area contributed by atoms with Crippen molar-refractivity contribution in [3.63, 3.8) is 0 Å². The first kappa shape index (κ1) is 14.7. The van der Waals surface area contributed by atoms with E-state index in [1.807, 2.05) is 0 Å². The highest BCUT2D eigenvalue weighted by atomic mass is 19.2. The number of carboxylic acids is 1. The van der Waals surface area contributed by atoms with Crippen LogP contribution in [0.15, 0.2) is 48.5 Å². The van der Waals surface area contributed by atoms with Crippen molar-refractivity contribution in [2.75, 3.05) is 0 Å². The van der Waals surface area contributed by atoms with E-state index in [1.54, 1.807) is 24.3 Å². The molecule has 0 aliphatic rings. The van der Waals surface area contributed by atoms with Crippen LogP contribution in [0.2, 0.25) is 0 Å². The van der Waals surface area contributed by atoms with Gasteiger partial charge in [0.1, 0.15) is 12.4 Å². The van der Waals surface area contributed by atoms with E-state index < -0.39 is 17.6 Å². The standard InChI is InChI=1S/C16H12F2O3/c17-14-7-6-13(9-15(14)18)21-10-12-3-1-11(2-4-12)5-8-16(19)20/h1-9H,10H2,(H,19,20). The summed E-state index contributed by atoms with van der Waals surface area (Å²) in [4.78, 5) is 10.4. The lowest BCUT2D eigenvalue weighted by Gasteiger charge is -2.07. The lowest BCUT2D eigenvalue weighted by atomic mass is 10.1. The van der Waals surface area contributed by atoms with Gasteiger partial charge in [-0.2, -0.15) is 0 Å². The van der Waals surface area contributed by atoms with Crippen molar-refractivity contribution in [1.29, 1.82) is 0 Å². The maximum atomic E-state index is 13.0. The smallest absolute Gasteiger partial charge is 0.328 e. The third kappa shape index (κ3) is 4.42. The Hall–Kier alpha value is -2.69. The van der Waals surface area contributed by atoms with E-state index in [0.717, 1.165) is 29.3 Å². The summed E-state index contributed by atoms with van der Waals surface area (Å²) in [7, 11) is 0. The van der Waals surface area contributed by atoms with Gasteiger partial charge in [-0.25, -0.2) is 13.6 Å². The van der Waals surface area contributed by atoms with Crippen molar-refractivity contribution in [3.05, 3.63) is 71.3 Å². The monoisotopic (exact) mass is 290 g/mol. The Labute approximate surface area is 120 Å². The number of halogens is 2. The zero-order chi connectivity index (χ0) is 15.2. The molecule has 2 aromatic rings. The van der Waals surface area contributed by atoms with Gasteiger partial charge < -0.3 is 9.84 Å². The van der Waals surface area contributed by atoms with Crippen LogP contribution in [0.5, 0.6) is 5.75 Å². The number of aliphatic carboxylic acids is 1. The van der Waals surface area contributed by atoms with Crippen LogP contribution < -0.4 is 4.74 Å². The van der Waals surface area contributed by atoms with Gasteiger partial charge in [0.25, 0.3) is 0 Å². The molecule has 0 fully saturated rings. The first-order valence-corrected chi connectivity index (χ1v) is 6.12. The molecule has 0 amide bonds. The second kappa shape index (κ2) is 6.65. The molecule has 3 nitrogen and oxygen atoms in total. The molecule has 0 saturated heterocycles. The molecule has 5 heteroatoms. The van der Waals surface area contributed by atoms with Crippen LogP contribution in [0.25, 0.3) is 6.08 Å². The summed E-state index contributed by atoms with van der Waals surface area (Å²) in [5.74, 6) is -2.65. The summed E-state index contributed by atoms with van der Waals surface area (Å²) in [6.07, 6.45) is 2.52. The first-order chi connectivity index (χ1) is 10.0. The van der Waals surface area contributed by atoms with E-state index >= 15 is 0 Å². The molecule has 0 unspecified atom stereocenters. The van der Waals surface area contributed by atoms with Gasteiger partial charge in [0.05, 0.1) is 0 Å². The summed E-state index contributed by atoms with van der Waals surface area (Å²) in [6.45, 7) is 0.202. The summed E-state index contributed by atoms with van der Waals surface area (Å²) in [5, 5.41) is 8.52. The maximum Gasteiger partial charge on any atom is 0.328 e. The second-order valence-corrected chi connectivity index (χ2v) is 4.28. The van der Waals surface area contributed by atoms with Crippen LogP contribution in [-0.4, -0.2) is 11.1 Å². The average molecular weight is 290 g/mol. The molecular formula is C16H12F2O3. The second-order valence-electron chi connectivity index (χ2n) is 4.28. The number of carbonyl (C=O) groups is 1. The number of rotatable bonds is 5. The topological polar surface area (TPSA) is 46.5 Å². The average Bonchev–Trinajstić information content (AvgIpc) is 2.47. The molecule has 0 radical (unpaired) electrons. The number of carboxylic acid groups (broad SMARTS) is 1. The molecule has 0 heterocycles. The fourth-order valence-corrected chi connectivity index (χ4v) is 1.63. The number of hydrogen-bond acceptors (Lipinski definition) is 2. The van der Waals surface area contributed by atoms with E-state index in [1.165, 1.54) is 12.1 Å². The Morgan fingerprint density at radius 3 is 2.43 bits per heavy atom. The van der Waals surface area contributed by atoms with Crippen molar-refractivity contribution < 1.29 is 23.4 Å². The van der Waals surface area contributed by atoms with Gasteiger partial charge in [0.2, 0.25) is 0 Å². The van der Waals surface area contributed by atoms with Gasteiger partial charge in [-0.1, -0.05) is 24.3 Å². The van der Waals surface area contributed by atoms with Crippen LogP contribution in [0, 0.1) is 11.6 Å². The van der Waals surface area contributed by atoms with Gasteiger partial charge in [0.15, 0.2) is 11.6 Å². The number of benzene rings is 2. The van der Waals surface area contributed by atoms with E-state index in [0.29, 0.717) is 0 Å². The molecule has 21 heavy (non-hydrogen) atoms. The molecule has 0 atom stereocenters. The highest BCUT2D eigenvalue weighted by molar-refractivity contribution is 5.85. The van der Waals surface area contributed by atoms with Crippen molar-refractivity contribution in [2.24, 2.45) is 0 Å². The van der Waals surface area contributed by atoms with E-state index in [2.05, 4.69) is 0 Å². The van der Waals surface area contributed by atoms with E-state index in [-0.39, 0.29) is 12.4 Å². The van der Waals surface area contributed by atoms with Crippen LogP contribution in [-0.2, 0) is 11.4 Å². The zero-order valence-corrected chi connectivity index (χ0v) is 10.9. The summed E-state index contributed by atoms with van der Waals surface area (Å²) >= 11 is 0. The minimum absolute atomic E-state index is 0.202. The fourth-order valence-electron chi connectivity index (χ4n) is 1.63. The molecule has 2 rings (SSSR count). The van der Waals surface area contributed by atoms with Gasteiger partial charge in [-0.05, 0) is 29.3 Å². The Balaban J connectivity index is 1.97. The normalized spacial score (nSPS) is 10.8. The van der Waals surface area contributed by atoms with E-state index in [9.17, 15) is 13.6 Å². The maximum absolute atomic E-state index is 13.0. The van der Waals surface area contributed by atoms with Crippen LogP contribution in [0.4, 0.5) is 8.78 Å². The van der Waals surface area contributed by atoms with Crippen LogP contribution in [0.3, 0.4) is 0 Å². The lowest BCUT2D eigenvalue weighted by molar-refractivity contribution is -0.131. The Morgan fingerprint density at radius 1 is 1.10 bits per heavy atom. The summed E-state index contributed by atoms with van der Waals surface area (Å²) in [5.41, 5.74) is 1.57. The van der Waals surface area contributed by atoms with Gasteiger partial charge in [-0.3, -0.25) is 0 Å². The van der Waals surface area contributed by atoms with Gasteiger partial charge >= 0.3 is 5.97 Å². The fraction of sp³-hybridized carbons (Fsp3) is 0.0625. The highest BCUT2D eigenvalue weighted by Crippen LogP contribution is 2.17. The summed E-state index contributed by atoms with van der Waals surface area (Å²) < 4.78 is 31.1. The molecule has 1 N–H and O–H groups in total. The molecule has 0 bridgehead atoms. The Morgan fingerprint density at radius 2 is 1.81 bits per heavy atom. The number of hydrogen-bond donors (Lipinski definition) is 1. The minimum atomic E-state index is -1.01. The van der Waals surface area contributed by atoms with Gasteiger partial charge in [0, 0.05) is 12.1 Å². The largest absolute Gasteiger partial charge is 0.489 e. The Bertz CT molecular complexity index is 664. The Kier molecular flexibility index (Phi) is 4.66. The predicted molar refractivity (Wildman–Crippen MR) is 73.8 cm³/mol. The predicted octanol–water partition coefficient (Wildman–Crippen LogP) is 3.64. The third-order valence-corrected chi connectivity index (χ3v) is 2.69. The third-order valence-electron chi connectivity index (χ3n) is 2.69. The van der Waals surface area contributed by atoms with Crippen molar-refractivity contribution in [1.82, 2.24) is 0 Å². The molecule has 108 valence electrons. The lowest BCUT2D eigenvalue weighted by Crippen LogP contribution is -1.96. The molecule has 0 spiro atoms. The summed E-state index contributed by atoms with van der Waals surface area (Å²) in [6, 6.07) is 10.3. The van der Waals surface area contributed by atoms with Crippen molar-refractivity contribution in [3.8, 4) is 5.75 Å². The van der Waals surface area contributed by atoms with Crippen molar-refractivity contribution >= 4 is 12.0 Å². The van der Waals surface area contributed by atoms with E-state index in [4.69, 9.17) is 9.84 Å².